The van der Waals surface area contributed by atoms with Gasteiger partial charge in [0, 0.05) is 15.7 Å². The van der Waals surface area contributed by atoms with Crippen molar-refractivity contribution in [1.82, 2.24) is 0 Å². The first-order valence-electron chi connectivity index (χ1n) is 3.07. The normalized spacial score (nSPS) is 10.3. The number of nitrogen functional groups attached to an aromatic ring is 1. The Morgan fingerprint density at radius 2 is 1.71 bits per heavy atom. The van der Waals surface area contributed by atoms with Gasteiger partial charge in [0.2, 0.25) is 0 Å². The summed E-state index contributed by atoms with van der Waals surface area (Å²) in [6, 6.07) is 4.98. The van der Waals surface area contributed by atoms with Crippen LogP contribution in [0.1, 0.15) is 0 Å². The fourth-order valence-electron chi connectivity index (χ4n) is 0.515. The molecule has 0 radical (unpaired) electrons. The standard InChI is InChI=1S/C6H5Cl2N.ClHO3S/c7-4-1-2-5(8)6(9)3-4;1-5(2,3)4/h1-3H,9H2;(H,2,3,4). The molecule has 0 unspecified atom stereocenters. The maximum Gasteiger partial charge on any atom is 0.353 e. The summed E-state index contributed by atoms with van der Waals surface area (Å²) < 4.78 is 25.2. The highest BCUT2D eigenvalue weighted by Crippen LogP contribution is 2.21. The first-order chi connectivity index (χ1) is 6.20. The largest absolute Gasteiger partial charge is 0.397 e. The van der Waals surface area contributed by atoms with Crippen molar-refractivity contribution in [3.63, 3.8) is 0 Å². The Balaban J connectivity index is 0.000000292. The van der Waals surface area contributed by atoms with Crippen LogP contribution < -0.4 is 5.73 Å². The summed E-state index contributed by atoms with van der Waals surface area (Å²) >= 11 is 11.2. The van der Waals surface area contributed by atoms with Gasteiger partial charge in [-0.1, -0.05) is 23.2 Å². The molecule has 0 aliphatic carbocycles. The summed E-state index contributed by atoms with van der Waals surface area (Å²) in [5, 5.41) is 1.15. The summed E-state index contributed by atoms with van der Waals surface area (Å²) in [4.78, 5) is 0. The van der Waals surface area contributed by atoms with E-state index in [0.29, 0.717) is 15.7 Å². The molecular formula is C6H6Cl3NO3S. The number of rotatable bonds is 0. The number of benzene rings is 1. The van der Waals surface area contributed by atoms with Gasteiger partial charge in [-0.05, 0) is 18.2 Å². The van der Waals surface area contributed by atoms with Crippen LogP contribution in [-0.4, -0.2) is 13.0 Å². The lowest BCUT2D eigenvalue weighted by Gasteiger charge is -1.95. The molecule has 0 fully saturated rings. The van der Waals surface area contributed by atoms with Crippen molar-refractivity contribution in [3.05, 3.63) is 28.2 Å². The zero-order chi connectivity index (χ0) is 11.4. The molecule has 0 heterocycles. The molecular weight excluding hydrogens is 272 g/mol. The molecule has 0 aromatic heterocycles. The molecule has 3 N–H and O–H groups in total. The molecule has 0 bridgehead atoms. The first kappa shape index (κ1) is 13.8. The Morgan fingerprint density at radius 1 is 1.29 bits per heavy atom. The Kier molecular flexibility index (Phi) is 5.54. The van der Waals surface area contributed by atoms with Gasteiger partial charge in [0.15, 0.2) is 0 Å². The topological polar surface area (TPSA) is 80.4 Å². The highest BCUT2D eigenvalue weighted by atomic mass is 35.7. The number of halogens is 3. The third-order valence-corrected chi connectivity index (χ3v) is 1.54. The van der Waals surface area contributed by atoms with Crippen LogP contribution in [-0.2, 0) is 9.33 Å². The van der Waals surface area contributed by atoms with Crippen LogP contribution in [0.2, 0.25) is 10.0 Å². The van der Waals surface area contributed by atoms with E-state index in [2.05, 4.69) is 10.7 Å². The second-order valence-corrected chi connectivity index (χ2v) is 4.92. The van der Waals surface area contributed by atoms with E-state index in [-0.39, 0.29) is 0 Å². The van der Waals surface area contributed by atoms with Crippen LogP contribution in [0.3, 0.4) is 0 Å². The predicted octanol–water partition coefficient (Wildman–Crippen LogP) is 2.60. The quantitative estimate of drug-likeness (QED) is 0.434. The third-order valence-electron chi connectivity index (χ3n) is 0.958. The molecule has 1 aromatic carbocycles. The van der Waals surface area contributed by atoms with Crippen molar-refractivity contribution < 1.29 is 13.0 Å². The average Bonchev–Trinajstić information content (AvgIpc) is 1.94. The van der Waals surface area contributed by atoms with Crippen LogP contribution in [0.5, 0.6) is 0 Å². The van der Waals surface area contributed by atoms with E-state index in [4.69, 9.17) is 41.9 Å². The Morgan fingerprint density at radius 3 is 2.00 bits per heavy atom. The molecule has 14 heavy (non-hydrogen) atoms. The molecule has 0 aliphatic heterocycles. The van der Waals surface area contributed by atoms with Crippen molar-refractivity contribution in [3.8, 4) is 0 Å². The fourth-order valence-corrected chi connectivity index (χ4v) is 0.813. The maximum atomic E-state index is 8.95. The summed E-state index contributed by atoms with van der Waals surface area (Å²) in [5.41, 5.74) is 5.92. The molecule has 0 amide bonds. The van der Waals surface area contributed by atoms with Crippen LogP contribution in [0, 0.1) is 0 Å². The number of nitrogens with two attached hydrogens (primary N) is 1. The third kappa shape index (κ3) is 8.40. The lowest BCUT2D eigenvalue weighted by molar-refractivity contribution is 0.501. The molecule has 0 aliphatic rings. The molecule has 4 nitrogen and oxygen atoms in total. The van der Waals surface area contributed by atoms with Crippen LogP contribution in [0.25, 0.3) is 0 Å². The predicted molar refractivity (Wildman–Crippen MR) is 58.3 cm³/mol. The van der Waals surface area contributed by atoms with E-state index in [9.17, 15) is 0 Å². The SMILES string of the molecule is Nc1cc(Cl)ccc1Cl.O=S(=O)(O)Cl. The molecule has 0 spiro atoms. The summed E-state index contributed by atoms with van der Waals surface area (Å²) in [5.74, 6) is 0. The lowest BCUT2D eigenvalue weighted by Crippen LogP contribution is -1.83. The van der Waals surface area contributed by atoms with Crippen LogP contribution in [0.15, 0.2) is 18.2 Å². The van der Waals surface area contributed by atoms with Crippen molar-refractivity contribution in [2.24, 2.45) is 0 Å². The van der Waals surface area contributed by atoms with Crippen molar-refractivity contribution in [1.29, 1.82) is 0 Å². The Labute approximate surface area is 95.8 Å². The second kappa shape index (κ2) is 5.63. The van der Waals surface area contributed by atoms with Crippen molar-refractivity contribution >= 4 is 48.9 Å². The fraction of sp³-hybridized carbons (Fsp3) is 0. The average molecular weight is 279 g/mol. The Bertz CT molecular complexity index is 399. The highest BCUT2D eigenvalue weighted by molar-refractivity contribution is 8.09. The Hall–Kier alpha value is -0.200. The zero-order valence-corrected chi connectivity index (χ0v) is 9.70. The highest BCUT2D eigenvalue weighted by Gasteiger charge is 1.93. The first-order valence-corrected chi connectivity index (χ1v) is 6.10. The second-order valence-electron chi connectivity index (χ2n) is 2.08. The van der Waals surface area contributed by atoms with Gasteiger partial charge in [0.1, 0.15) is 0 Å². The molecule has 1 aromatic rings. The minimum absolute atomic E-state index is 0.518. The van der Waals surface area contributed by atoms with E-state index < -0.39 is 9.33 Å². The molecule has 0 saturated heterocycles. The van der Waals surface area contributed by atoms with Crippen LogP contribution >= 0.6 is 33.9 Å². The number of hydrogen-bond donors (Lipinski definition) is 2. The zero-order valence-electron chi connectivity index (χ0n) is 6.62. The van der Waals surface area contributed by atoms with E-state index in [1.807, 2.05) is 0 Å². The van der Waals surface area contributed by atoms with Crippen LogP contribution in [0.4, 0.5) is 5.69 Å². The van der Waals surface area contributed by atoms with E-state index in [0.717, 1.165) is 0 Å². The number of anilines is 1. The molecule has 0 saturated carbocycles. The van der Waals surface area contributed by atoms with Crippen molar-refractivity contribution in [2.75, 3.05) is 5.73 Å². The van der Waals surface area contributed by atoms with E-state index in [1.54, 1.807) is 18.2 Å². The van der Waals surface area contributed by atoms with Gasteiger partial charge in [0.25, 0.3) is 0 Å². The minimum Gasteiger partial charge on any atom is -0.397 e. The summed E-state index contributed by atoms with van der Waals surface area (Å²) in [6.45, 7) is 0. The van der Waals surface area contributed by atoms with Gasteiger partial charge >= 0.3 is 9.33 Å². The molecule has 80 valence electrons. The molecule has 1 rings (SSSR count). The summed E-state index contributed by atoms with van der Waals surface area (Å²) in [6.07, 6.45) is 0. The van der Waals surface area contributed by atoms with Crippen molar-refractivity contribution in [2.45, 2.75) is 0 Å². The van der Waals surface area contributed by atoms with E-state index >= 15 is 0 Å². The maximum absolute atomic E-state index is 8.95. The summed E-state index contributed by atoms with van der Waals surface area (Å²) in [7, 11) is -0.137. The van der Waals surface area contributed by atoms with Gasteiger partial charge in [-0.3, -0.25) is 4.55 Å². The lowest BCUT2D eigenvalue weighted by atomic mass is 10.3. The van der Waals surface area contributed by atoms with Gasteiger partial charge in [-0.15, -0.1) is 0 Å². The monoisotopic (exact) mass is 277 g/mol. The van der Waals surface area contributed by atoms with Gasteiger partial charge in [-0.2, -0.15) is 8.42 Å². The van der Waals surface area contributed by atoms with Gasteiger partial charge in [-0.25, -0.2) is 0 Å². The minimum atomic E-state index is -4.19. The van der Waals surface area contributed by atoms with Gasteiger partial charge in [0.05, 0.1) is 10.7 Å². The van der Waals surface area contributed by atoms with Gasteiger partial charge < -0.3 is 5.73 Å². The van der Waals surface area contributed by atoms with E-state index in [1.165, 1.54) is 0 Å². The number of hydrogen-bond acceptors (Lipinski definition) is 3. The smallest absolute Gasteiger partial charge is 0.353 e. The molecule has 8 heteroatoms. The molecule has 0 atom stereocenters.